The predicted molar refractivity (Wildman–Crippen MR) is 102 cm³/mol. The normalized spacial score (nSPS) is 16.5. The van der Waals surface area contributed by atoms with Crippen LogP contribution in [0.4, 0.5) is 0 Å². The minimum atomic E-state index is -0.216. The van der Waals surface area contributed by atoms with Crippen LogP contribution in [0.1, 0.15) is 84.0 Å². The van der Waals surface area contributed by atoms with Gasteiger partial charge in [0.05, 0.1) is 0 Å². The Morgan fingerprint density at radius 3 is 1.67 bits per heavy atom. The molecule has 24 heavy (non-hydrogen) atoms. The van der Waals surface area contributed by atoms with Gasteiger partial charge in [-0.1, -0.05) is 51.9 Å². The molecule has 0 aliphatic heterocycles. The van der Waals surface area contributed by atoms with Gasteiger partial charge in [-0.05, 0) is 25.7 Å². The van der Waals surface area contributed by atoms with Gasteiger partial charge in [-0.2, -0.15) is 0 Å². The molecule has 0 fully saturated rings. The van der Waals surface area contributed by atoms with Crippen LogP contribution in [0.25, 0.3) is 0 Å². The zero-order valence-electron chi connectivity index (χ0n) is 15.6. The molecular weight excluding hydrogens is 302 g/mol. The quantitative estimate of drug-likeness (QED) is 0.269. The number of hydrogen-bond acceptors (Lipinski definition) is 5. The van der Waals surface area contributed by atoms with Gasteiger partial charge in [-0.25, -0.2) is 0 Å². The molecule has 0 radical (unpaired) electrons. The first-order valence-electron chi connectivity index (χ1n) is 9.69. The van der Waals surface area contributed by atoms with Gasteiger partial charge in [0.15, 0.2) is 0 Å². The molecule has 0 aromatic carbocycles. The van der Waals surface area contributed by atoms with Crippen LogP contribution < -0.4 is 28.7 Å². The minimum Gasteiger partial charge on any atom is -0.370 e. The van der Waals surface area contributed by atoms with Crippen LogP contribution in [0.5, 0.6) is 0 Å². The van der Waals surface area contributed by atoms with Crippen LogP contribution in [0.15, 0.2) is 0 Å². The van der Waals surface area contributed by atoms with Gasteiger partial charge >= 0.3 is 0 Å². The Morgan fingerprint density at radius 2 is 1.17 bits per heavy atom. The van der Waals surface area contributed by atoms with Gasteiger partial charge in [-0.3, -0.25) is 4.79 Å². The average Bonchev–Trinajstić information content (AvgIpc) is 2.53. The highest BCUT2D eigenvalue weighted by Gasteiger charge is 2.20. The summed E-state index contributed by atoms with van der Waals surface area (Å²) in [6, 6.07) is -0.173. The lowest BCUT2D eigenvalue weighted by molar-refractivity contribution is -0.118. The second-order valence-electron chi connectivity index (χ2n) is 7.16. The van der Waals surface area contributed by atoms with Gasteiger partial charge in [0.25, 0.3) is 0 Å². The first-order valence-corrected chi connectivity index (χ1v) is 9.69. The second-order valence-corrected chi connectivity index (χ2v) is 7.16. The largest absolute Gasteiger partial charge is 0.370 e. The average molecular weight is 344 g/mol. The Balaban J connectivity index is 3.74. The van der Waals surface area contributed by atoms with E-state index in [0.717, 1.165) is 51.4 Å². The van der Waals surface area contributed by atoms with Crippen LogP contribution in [0.2, 0.25) is 0 Å². The Hall–Kier alpha value is -0.690. The Bertz CT molecular complexity index is 314. The summed E-state index contributed by atoms with van der Waals surface area (Å²) < 4.78 is 0. The van der Waals surface area contributed by atoms with Crippen LogP contribution in [-0.4, -0.2) is 30.1 Å². The fourth-order valence-electron chi connectivity index (χ4n) is 2.93. The summed E-state index contributed by atoms with van der Waals surface area (Å²) in [4.78, 5) is 10.6. The summed E-state index contributed by atoms with van der Waals surface area (Å²) in [7, 11) is 0. The summed E-state index contributed by atoms with van der Waals surface area (Å²) in [5.74, 6) is -0.216. The van der Waals surface area contributed by atoms with Crippen LogP contribution >= 0.6 is 0 Å². The molecule has 0 spiro atoms. The molecule has 1 amide bonds. The van der Waals surface area contributed by atoms with Crippen LogP contribution in [0.3, 0.4) is 0 Å². The number of hydrogen-bond donors (Lipinski definition) is 5. The maximum Gasteiger partial charge on any atom is 0.217 e. The molecule has 0 saturated carbocycles. The van der Waals surface area contributed by atoms with Crippen molar-refractivity contribution >= 4 is 5.91 Å². The maximum atomic E-state index is 10.6. The van der Waals surface area contributed by atoms with Crippen molar-refractivity contribution in [1.82, 2.24) is 0 Å². The van der Waals surface area contributed by atoms with E-state index in [1.54, 1.807) is 0 Å². The van der Waals surface area contributed by atoms with Gasteiger partial charge in [-0.15, -0.1) is 0 Å². The van der Waals surface area contributed by atoms with E-state index in [9.17, 15) is 4.79 Å². The topological polar surface area (TPSA) is 147 Å². The highest BCUT2D eigenvalue weighted by molar-refractivity contribution is 5.73. The molecular formula is C18H41N5O. The standard InChI is InChI=1S/C18H41N5O/c1-2-3-7-10-14(19)16(21)13-17(22)15(20)11-8-5-4-6-9-12-18(23)24/h14-17H,2-13,19-22H2,1H3,(H2,23,24). The van der Waals surface area contributed by atoms with E-state index in [-0.39, 0.29) is 30.1 Å². The van der Waals surface area contributed by atoms with Gasteiger partial charge in [0.1, 0.15) is 0 Å². The Morgan fingerprint density at radius 1 is 0.708 bits per heavy atom. The van der Waals surface area contributed by atoms with Crippen LogP contribution in [-0.2, 0) is 4.79 Å². The lowest BCUT2D eigenvalue weighted by Gasteiger charge is -2.26. The first kappa shape index (κ1) is 23.3. The summed E-state index contributed by atoms with van der Waals surface area (Å²) >= 11 is 0. The monoisotopic (exact) mass is 343 g/mol. The zero-order valence-corrected chi connectivity index (χ0v) is 15.6. The fraction of sp³-hybridized carbons (Fsp3) is 0.944. The molecule has 4 atom stereocenters. The van der Waals surface area contributed by atoms with Gasteiger partial charge in [0.2, 0.25) is 5.91 Å². The summed E-state index contributed by atoms with van der Waals surface area (Å²) in [5.41, 5.74) is 29.8. The lowest BCUT2D eigenvalue weighted by Crippen LogP contribution is -2.50. The van der Waals surface area contributed by atoms with Crippen molar-refractivity contribution in [3.8, 4) is 0 Å². The molecule has 0 aliphatic carbocycles. The molecule has 0 aliphatic rings. The number of primary amides is 1. The molecule has 0 aromatic rings. The Labute approximate surface area is 148 Å². The number of carbonyl (C=O) groups excluding carboxylic acids is 1. The number of unbranched alkanes of at least 4 members (excludes halogenated alkanes) is 6. The van der Waals surface area contributed by atoms with E-state index in [1.807, 2.05) is 0 Å². The van der Waals surface area contributed by atoms with E-state index in [2.05, 4.69) is 6.92 Å². The van der Waals surface area contributed by atoms with E-state index >= 15 is 0 Å². The number of rotatable bonds is 16. The van der Waals surface area contributed by atoms with Gasteiger partial charge in [0, 0.05) is 30.6 Å². The molecule has 4 unspecified atom stereocenters. The molecule has 0 saturated heterocycles. The van der Waals surface area contributed by atoms with E-state index in [1.165, 1.54) is 12.8 Å². The minimum absolute atomic E-state index is 0.0139. The first-order chi connectivity index (χ1) is 11.4. The Kier molecular flexibility index (Phi) is 14.2. The van der Waals surface area contributed by atoms with Crippen LogP contribution in [0, 0.1) is 0 Å². The summed E-state index contributed by atoms with van der Waals surface area (Å²) in [6.07, 6.45) is 11.8. The molecule has 144 valence electrons. The number of nitrogens with two attached hydrogens (primary N) is 5. The van der Waals surface area contributed by atoms with Crippen molar-refractivity contribution in [1.29, 1.82) is 0 Å². The van der Waals surface area contributed by atoms with Crippen molar-refractivity contribution in [2.24, 2.45) is 28.7 Å². The fourth-order valence-corrected chi connectivity index (χ4v) is 2.93. The van der Waals surface area contributed by atoms with Crippen molar-refractivity contribution < 1.29 is 4.79 Å². The van der Waals surface area contributed by atoms with Crippen molar-refractivity contribution in [3.05, 3.63) is 0 Å². The van der Waals surface area contributed by atoms with Crippen molar-refractivity contribution in [3.63, 3.8) is 0 Å². The highest BCUT2D eigenvalue weighted by atomic mass is 16.1. The molecule has 0 rings (SSSR count). The van der Waals surface area contributed by atoms with E-state index < -0.39 is 0 Å². The third-order valence-corrected chi connectivity index (χ3v) is 4.75. The SMILES string of the molecule is CCCCCC(N)C(N)CC(N)C(N)CCCCCCCC(N)=O. The number of amides is 1. The van der Waals surface area contributed by atoms with Crippen molar-refractivity contribution in [2.75, 3.05) is 0 Å². The molecule has 0 bridgehead atoms. The third-order valence-electron chi connectivity index (χ3n) is 4.75. The van der Waals surface area contributed by atoms with Crippen molar-refractivity contribution in [2.45, 2.75) is 108 Å². The summed E-state index contributed by atoms with van der Waals surface area (Å²) in [6.45, 7) is 2.18. The summed E-state index contributed by atoms with van der Waals surface area (Å²) in [5, 5.41) is 0. The second kappa shape index (κ2) is 14.6. The van der Waals surface area contributed by atoms with Gasteiger partial charge < -0.3 is 28.7 Å². The highest BCUT2D eigenvalue weighted by Crippen LogP contribution is 2.12. The molecule has 10 N–H and O–H groups in total. The molecule has 6 nitrogen and oxygen atoms in total. The third kappa shape index (κ3) is 12.7. The lowest BCUT2D eigenvalue weighted by atomic mass is 9.92. The predicted octanol–water partition coefficient (Wildman–Crippen LogP) is 1.48. The smallest absolute Gasteiger partial charge is 0.217 e. The molecule has 0 heterocycles. The van der Waals surface area contributed by atoms with E-state index in [4.69, 9.17) is 28.7 Å². The number of carbonyl (C=O) groups is 1. The van der Waals surface area contributed by atoms with E-state index in [0.29, 0.717) is 12.8 Å². The molecule has 6 heteroatoms. The zero-order chi connectivity index (χ0) is 18.4. The molecule has 0 aromatic heterocycles. The maximum absolute atomic E-state index is 10.6.